The van der Waals surface area contributed by atoms with Crippen molar-refractivity contribution in [2.75, 3.05) is 25.0 Å². The minimum atomic E-state index is -1.03. The highest BCUT2D eigenvalue weighted by atomic mass is 16.3. The molecule has 1 fully saturated rings. The van der Waals surface area contributed by atoms with E-state index >= 15 is 0 Å². The predicted octanol–water partition coefficient (Wildman–Crippen LogP) is 2.92. The summed E-state index contributed by atoms with van der Waals surface area (Å²) < 4.78 is 0. The molecular weight excluding hydrogens is 458 g/mol. The molecule has 0 radical (unpaired) electrons. The van der Waals surface area contributed by atoms with Crippen molar-refractivity contribution in [3.8, 4) is 11.3 Å². The Morgan fingerprint density at radius 1 is 1.17 bits per heavy atom. The third-order valence-electron chi connectivity index (χ3n) is 7.14. The van der Waals surface area contributed by atoms with E-state index in [1.54, 1.807) is 23.0 Å². The van der Waals surface area contributed by atoms with Crippen LogP contribution in [-0.4, -0.2) is 79.1 Å². The number of amides is 3. The van der Waals surface area contributed by atoms with Gasteiger partial charge in [-0.05, 0) is 44.0 Å². The Labute approximate surface area is 207 Å². The summed E-state index contributed by atoms with van der Waals surface area (Å²) in [6, 6.07) is 7.70. The van der Waals surface area contributed by atoms with Crippen LogP contribution in [0.15, 0.2) is 42.9 Å². The molecule has 2 aliphatic rings. The first-order chi connectivity index (χ1) is 17.4. The number of nitrogens with one attached hydrogen (secondary N) is 1. The smallest absolute Gasteiger partial charge is 0.324 e. The summed E-state index contributed by atoms with van der Waals surface area (Å²) >= 11 is 0. The molecule has 4 aromatic rings. The molecule has 0 aromatic carbocycles. The van der Waals surface area contributed by atoms with Gasteiger partial charge in [0, 0.05) is 61.3 Å². The van der Waals surface area contributed by atoms with E-state index < -0.39 is 6.10 Å². The fraction of sp³-hybridized carbons (Fsp3) is 0.346. The second-order valence-corrected chi connectivity index (χ2v) is 9.58. The number of rotatable bonds is 3. The van der Waals surface area contributed by atoms with E-state index in [-0.39, 0.29) is 18.0 Å². The molecule has 3 amide bonds. The molecule has 2 aliphatic heterocycles. The molecule has 0 spiro atoms. The molecule has 0 aliphatic carbocycles. The van der Waals surface area contributed by atoms with Crippen molar-refractivity contribution in [3.63, 3.8) is 0 Å². The van der Waals surface area contributed by atoms with Crippen LogP contribution in [0.4, 0.5) is 10.5 Å². The van der Waals surface area contributed by atoms with Crippen molar-refractivity contribution in [2.24, 2.45) is 0 Å². The Hall–Kier alpha value is -4.05. The highest BCUT2D eigenvalue weighted by Crippen LogP contribution is 2.38. The summed E-state index contributed by atoms with van der Waals surface area (Å²) in [5.74, 6) is -0.273. The number of aromatic nitrogens is 4. The number of piperidine rings is 1. The zero-order valence-corrected chi connectivity index (χ0v) is 20.2. The highest BCUT2D eigenvalue weighted by molar-refractivity contribution is 6.04. The van der Waals surface area contributed by atoms with Gasteiger partial charge in [0.1, 0.15) is 17.3 Å². The van der Waals surface area contributed by atoms with Gasteiger partial charge in [-0.25, -0.2) is 14.8 Å². The van der Waals surface area contributed by atoms with E-state index in [1.807, 2.05) is 41.6 Å². The molecule has 6 heterocycles. The number of hydrogen-bond acceptors (Lipinski definition) is 6. The largest absolute Gasteiger partial charge is 0.384 e. The number of anilines is 1. The van der Waals surface area contributed by atoms with Crippen LogP contribution in [0.2, 0.25) is 0 Å². The zero-order chi connectivity index (χ0) is 25.0. The van der Waals surface area contributed by atoms with Crippen molar-refractivity contribution >= 4 is 39.7 Å². The maximum Gasteiger partial charge on any atom is 0.324 e. The van der Waals surface area contributed by atoms with Gasteiger partial charge in [0.05, 0.1) is 23.4 Å². The fourth-order valence-corrected chi connectivity index (χ4v) is 5.27. The average molecular weight is 486 g/mol. The number of carbonyl (C=O) groups is 2. The lowest BCUT2D eigenvalue weighted by Crippen LogP contribution is -2.55. The molecule has 4 aromatic heterocycles. The van der Waals surface area contributed by atoms with Gasteiger partial charge in [-0.15, -0.1) is 0 Å². The van der Waals surface area contributed by atoms with Crippen LogP contribution in [0.3, 0.4) is 0 Å². The normalized spacial score (nSPS) is 17.6. The van der Waals surface area contributed by atoms with Gasteiger partial charge in [0.15, 0.2) is 0 Å². The molecule has 0 unspecified atom stereocenters. The minimum absolute atomic E-state index is 0.0853. The van der Waals surface area contributed by atoms with Crippen molar-refractivity contribution in [2.45, 2.75) is 38.5 Å². The summed E-state index contributed by atoms with van der Waals surface area (Å²) in [5, 5.41) is 10.7. The van der Waals surface area contributed by atoms with Crippen LogP contribution in [-0.2, 0) is 11.3 Å². The monoisotopic (exact) mass is 485 g/mol. The number of pyridine rings is 3. The van der Waals surface area contributed by atoms with Crippen LogP contribution in [0.25, 0.3) is 33.3 Å². The minimum Gasteiger partial charge on any atom is -0.384 e. The van der Waals surface area contributed by atoms with E-state index in [1.165, 1.54) is 6.92 Å². The van der Waals surface area contributed by atoms with Crippen LogP contribution < -0.4 is 4.90 Å². The van der Waals surface area contributed by atoms with Crippen molar-refractivity contribution < 1.29 is 14.7 Å². The number of aliphatic hydroxyl groups excluding tert-OH is 1. The third kappa shape index (κ3) is 3.65. The number of H-pyrrole nitrogens is 1. The van der Waals surface area contributed by atoms with Gasteiger partial charge in [0.2, 0.25) is 0 Å². The van der Waals surface area contributed by atoms with Crippen LogP contribution in [0.5, 0.6) is 0 Å². The van der Waals surface area contributed by atoms with Gasteiger partial charge < -0.3 is 19.9 Å². The topological polar surface area (TPSA) is 119 Å². The molecule has 0 saturated carbocycles. The Balaban J connectivity index is 1.42. The van der Waals surface area contributed by atoms with Crippen molar-refractivity contribution in [1.29, 1.82) is 0 Å². The number of likely N-dealkylation sites (tertiary alicyclic amines) is 1. The maximum atomic E-state index is 13.5. The Morgan fingerprint density at radius 2 is 1.97 bits per heavy atom. The van der Waals surface area contributed by atoms with E-state index in [0.717, 1.165) is 39.1 Å². The number of fused-ring (bicyclic) bond motifs is 4. The highest BCUT2D eigenvalue weighted by Gasteiger charge is 2.38. The SMILES string of the molecule is C[C@@H](O)C(=O)N1CCC(N2C(=O)N(C)Cc3cnc4ccc(-c5cnc6[nH]ccc6c5)nc4c32)CC1. The molecule has 1 saturated heterocycles. The summed E-state index contributed by atoms with van der Waals surface area (Å²) in [4.78, 5) is 48.2. The number of carbonyl (C=O) groups excluding carboxylic acids is 2. The standard InChI is InChI=1S/C26H27N7O3/c1-15(34)25(35)32-9-6-19(7-10-32)33-23-18(14-31(2)26(33)36)13-28-21-4-3-20(30-22(21)23)17-11-16-5-8-27-24(16)29-12-17/h3-5,8,11-13,15,19,34H,6-7,9-10,14H2,1-2H3,(H,27,29)/t15-/m1/s1. The molecule has 10 nitrogen and oxygen atoms in total. The van der Waals surface area contributed by atoms with Gasteiger partial charge in [-0.2, -0.15) is 0 Å². The van der Waals surface area contributed by atoms with E-state index in [0.29, 0.717) is 38.0 Å². The van der Waals surface area contributed by atoms with Crippen molar-refractivity contribution in [1.82, 2.24) is 29.7 Å². The molecule has 6 rings (SSSR count). The fourth-order valence-electron chi connectivity index (χ4n) is 5.27. The Kier molecular flexibility index (Phi) is 5.33. The molecule has 2 N–H and O–H groups in total. The lowest BCUT2D eigenvalue weighted by molar-refractivity contribution is -0.140. The number of aliphatic hydroxyl groups is 1. The van der Waals surface area contributed by atoms with Gasteiger partial charge in [-0.1, -0.05) is 0 Å². The van der Waals surface area contributed by atoms with Crippen LogP contribution in [0, 0.1) is 0 Å². The van der Waals surface area contributed by atoms with Crippen molar-refractivity contribution in [3.05, 3.63) is 48.4 Å². The molecule has 36 heavy (non-hydrogen) atoms. The summed E-state index contributed by atoms with van der Waals surface area (Å²) in [7, 11) is 1.79. The zero-order valence-electron chi connectivity index (χ0n) is 20.2. The Morgan fingerprint density at radius 3 is 2.75 bits per heavy atom. The quantitative estimate of drug-likeness (QED) is 0.461. The average Bonchev–Trinajstić information content (AvgIpc) is 3.37. The Bertz CT molecular complexity index is 1490. The van der Waals surface area contributed by atoms with E-state index in [2.05, 4.69) is 15.0 Å². The van der Waals surface area contributed by atoms with E-state index in [4.69, 9.17) is 4.98 Å². The van der Waals surface area contributed by atoms with Gasteiger partial charge in [0.25, 0.3) is 5.91 Å². The maximum absolute atomic E-state index is 13.5. The second kappa shape index (κ2) is 8.56. The predicted molar refractivity (Wildman–Crippen MR) is 135 cm³/mol. The number of hydrogen-bond donors (Lipinski definition) is 2. The number of aromatic amines is 1. The third-order valence-corrected chi connectivity index (χ3v) is 7.14. The molecule has 1 atom stereocenters. The summed E-state index contributed by atoms with van der Waals surface area (Å²) in [6.07, 6.45) is 5.69. The first-order valence-corrected chi connectivity index (χ1v) is 12.1. The van der Waals surface area contributed by atoms with Gasteiger partial charge >= 0.3 is 6.03 Å². The van der Waals surface area contributed by atoms with Crippen LogP contribution >= 0.6 is 0 Å². The summed E-state index contributed by atoms with van der Waals surface area (Å²) in [5.41, 5.74) is 5.60. The lowest BCUT2D eigenvalue weighted by Gasteiger charge is -2.43. The first kappa shape index (κ1) is 22.4. The second-order valence-electron chi connectivity index (χ2n) is 9.58. The lowest BCUT2D eigenvalue weighted by atomic mass is 9.99. The number of urea groups is 1. The first-order valence-electron chi connectivity index (χ1n) is 12.1. The van der Waals surface area contributed by atoms with E-state index in [9.17, 15) is 14.7 Å². The number of nitrogens with zero attached hydrogens (tertiary/aromatic N) is 6. The molecular formula is C26H27N7O3. The molecule has 0 bridgehead atoms. The molecule has 10 heteroatoms. The van der Waals surface area contributed by atoms with Gasteiger partial charge in [-0.3, -0.25) is 14.7 Å². The summed E-state index contributed by atoms with van der Waals surface area (Å²) in [6.45, 7) is 2.91. The van der Waals surface area contributed by atoms with Crippen LogP contribution in [0.1, 0.15) is 25.3 Å². The molecule has 184 valence electrons.